The SMILES string of the molecule is [2H]c1c([2H])c([2H])c(-c2cc(C(C)(C)C)cc(-c3c([2H])c(C(C)(C)C)c([2H])c(C(C)(C)C)c3[2H])c2N2CN(c3cccc(Oc4ccc5c6c(CCC)c(CCCCCC)ccc6n(-c6cc(C(C)(C)C)ccn6)c5c4)c3)c3ccccc32)c([2H])c1[2H]. The molecule has 0 fully saturated rings. The number of aryl methyl sites for hydroxylation is 2. The quantitative estimate of drug-likeness (QED) is 0.102. The van der Waals surface area contributed by atoms with Crippen molar-refractivity contribution in [1.29, 1.82) is 0 Å². The summed E-state index contributed by atoms with van der Waals surface area (Å²) >= 11 is 0. The van der Waals surface area contributed by atoms with Crippen LogP contribution in [0.5, 0.6) is 11.5 Å². The minimum Gasteiger partial charge on any atom is -0.457 e. The second-order valence-corrected chi connectivity index (χ2v) is 25.6. The van der Waals surface area contributed by atoms with Crippen molar-refractivity contribution >= 4 is 44.6 Å². The number of pyridine rings is 1. The number of hydrogen-bond donors (Lipinski definition) is 0. The van der Waals surface area contributed by atoms with Crippen molar-refractivity contribution in [3.8, 4) is 39.6 Å². The van der Waals surface area contributed by atoms with Gasteiger partial charge in [-0.05, 0) is 152 Å². The molecule has 5 heteroatoms. The fourth-order valence-corrected chi connectivity index (χ4v) is 11.0. The summed E-state index contributed by atoms with van der Waals surface area (Å²) in [6, 6.07) is 33.5. The third-order valence-electron chi connectivity index (χ3n) is 15.4. The van der Waals surface area contributed by atoms with Crippen molar-refractivity contribution in [1.82, 2.24) is 9.55 Å². The monoisotopic (exact) mass is 1040 g/mol. The Bertz CT molecular complexity index is 4050. The molecule has 5 nitrogen and oxygen atoms in total. The van der Waals surface area contributed by atoms with E-state index >= 15 is 0 Å². The Labute approximate surface area is 478 Å². The van der Waals surface area contributed by atoms with Crippen LogP contribution in [0.1, 0.15) is 173 Å². The lowest BCUT2D eigenvalue weighted by Crippen LogP contribution is -2.25. The van der Waals surface area contributed by atoms with E-state index < -0.39 is 34.4 Å². The summed E-state index contributed by atoms with van der Waals surface area (Å²) in [5.74, 6) is 2.13. The molecule has 0 amide bonds. The number of anilines is 4. The summed E-state index contributed by atoms with van der Waals surface area (Å²) in [5.41, 5.74) is 10.1. The fraction of sp³-hybridized carbons (Fsp3) is 0.356. The van der Waals surface area contributed by atoms with Crippen LogP contribution in [-0.4, -0.2) is 16.2 Å². The van der Waals surface area contributed by atoms with Gasteiger partial charge in [0.1, 0.15) is 24.0 Å². The molecule has 1 aliphatic rings. The number of unbranched alkanes of at least 4 members (excludes halogenated alkanes) is 3. The molecule has 2 aromatic heterocycles. The molecule has 78 heavy (non-hydrogen) atoms. The van der Waals surface area contributed by atoms with Crippen LogP contribution >= 0.6 is 0 Å². The van der Waals surface area contributed by atoms with Crippen molar-refractivity contribution < 1.29 is 15.7 Å². The van der Waals surface area contributed by atoms with Gasteiger partial charge in [-0.2, -0.15) is 0 Å². The van der Waals surface area contributed by atoms with Gasteiger partial charge in [0.2, 0.25) is 0 Å². The van der Waals surface area contributed by atoms with Crippen molar-refractivity contribution in [3.63, 3.8) is 0 Å². The zero-order valence-electron chi connectivity index (χ0n) is 56.7. The Morgan fingerprint density at radius 2 is 1.19 bits per heavy atom. The van der Waals surface area contributed by atoms with Crippen molar-refractivity contribution in [2.75, 3.05) is 16.5 Å². The number of hydrogen-bond acceptors (Lipinski definition) is 4. The van der Waals surface area contributed by atoms with Gasteiger partial charge in [-0.15, -0.1) is 0 Å². The molecule has 0 unspecified atom stereocenters. The molecule has 0 aliphatic carbocycles. The molecule has 0 saturated carbocycles. The molecule has 7 aromatic carbocycles. The van der Waals surface area contributed by atoms with E-state index in [4.69, 9.17) is 13.8 Å². The largest absolute Gasteiger partial charge is 0.457 e. The Kier molecular flexibility index (Phi) is 12.2. The third-order valence-corrected chi connectivity index (χ3v) is 15.4. The highest BCUT2D eigenvalue weighted by atomic mass is 16.5. The van der Waals surface area contributed by atoms with E-state index in [0.717, 1.165) is 70.5 Å². The highest BCUT2D eigenvalue weighted by molar-refractivity contribution is 6.11. The standard InChI is InChI=1S/C73H84N4O/c1-15-17-18-20-29-50-34-37-65-68(59(50)26-16-2)60-36-35-58(47-66(60)77(65)67-45-52(38-39-74-67)70(3,4)5)78-57-31-25-30-56(46-57)75-48-76(64-33-24-23-32-63(64)75)69-61(49-27-21-19-22-28-49)43-55(73(12,13)14)44-62(69)51-40-53(71(6,7)8)42-54(41-51)72(9,10)11/h19,21-25,27-28,30-47H,15-18,20,26,29,48H2,1-14H3/i19D,21D,22D,27D,28D,40D,41D,42D. The number of para-hydroxylation sites is 2. The topological polar surface area (TPSA) is 33.5 Å². The third kappa shape index (κ3) is 10.9. The van der Waals surface area contributed by atoms with E-state index in [2.05, 4.69) is 112 Å². The predicted octanol–water partition coefficient (Wildman–Crippen LogP) is 20.8. The summed E-state index contributed by atoms with van der Waals surface area (Å²) in [6.45, 7) is 29.6. The number of benzene rings is 7. The van der Waals surface area contributed by atoms with Crippen LogP contribution in [0, 0.1) is 0 Å². The lowest BCUT2D eigenvalue weighted by Gasteiger charge is -2.31. The maximum absolute atomic E-state index is 10.2. The lowest BCUT2D eigenvalue weighted by atomic mass is 9.77. The molecule has 0 spiro atoms. The van der Waals surface area contributed by atoms with E-state index in [1.807, 2.05) is 108 Å². The van der Waals surface area contributed by atoms with Crippen LogP contribution in [0.2, 0.25) is 0 Å². The van der Waals surface area contributed by atoms with Crippen LogP contribution in [0.4, 0.5) is 22.7 Å². The van der Waals surface area contributed by atoms with Crippen molar-refractivity contribution in [2.24, 2.45) is 0 Å². The average Bonchev–Trinajstić information content (AvgIpc) is 1.31. The fourth-order valence-electron chi connectivity index (χ4n) is 11.0. The summed E-state index contributed by atoms with van der Waals surface area (Å²) in [4.78, 5) is 9.32. The van der Waals surface area contributed by atoms with Crippen LogP contribution in [-0.2, 0) is 34.5 Å². The second-order valence-electron chi connectivity index (χ2n) is 25.6. The Hall–Kier alpha value is -7.11. The zero-order valence-corrected chi connectivity index (χ0v) is 48.7. The van der Waals surface area contributed by atoms with E-state index in [9.17, 15) is 6.85 Å². The second kappa shape index (κ2) is 21.3. The van der Waals surface area contributed by atoms with Crippen LogP contribution in [0.15, 0.2) is 158 Å². The summed E-state index contributed by atoms with van der Waals surface area (Å²) in [6.07, 6.45) is 9.79. The van der Waals surface area contributed by atoms with Gasteiger partial charge in [0.05, 0.1) is 39.1 Å². The number of rotatable bonds is 14. The maximum atomic E-state index is 10.2. The molecule has 9 aromatic rings. The van der Waals surface area contributed by atoms with Crippen LogP contribution in [0.3, 0.4) is 0 Å². The van der Waals surface area contributed by atoms with Crippen LogP contribution in [0.25, 0.3) is 49.9 Å². The average molecular weight is 1040 g/mol. The van der Waals surface area contributed by atoms with Gasteiger partial charge < -0.3 is 14.5 Å². The summed E-state index contributed by atoms with van der Waals surface area (Å²) in [5, 5.41) is 2.43. The summed E-state index contributed by atoms with van der Waals surface area (Å²) in [7, 11) is 0. The molecule has 10 rings (SSSR count). The highest BCUT2D eigenvalue weighted by Crippen LogP contribution is 2.52. The van der Waals surface area contributed by atoms with Gasteiger partial charge in [-0.3, -0.25) is 4.57 Å². The van der Waals surface area contributed by atoms with E-state index in [-0.39, 0.29) is 47.9 Å². The first kappa shape index (κ1) is 44.8. The number of aromatic nitrogens is 2. The van der Waals surface area contributed by atoms with E-state index in [1.165, 1.54) is 41.3 Å². The van der Waals surface area contributed by atoms with Gasteiger partial charge in [-0.25, -0.2) is 4.98 Å². The molecule has 3 heterocycles. The minimum absolute atomic E-state index is 0.0186. The Morgan fingerprint density at radius 3 is 1.85 bits per heavy atom. The predicted molar refractivity (Wildman–Crippen MR) is 335 cm³/mol. The molecule has 0 atom stereocenters. The first-order valence-electron chi connectivity index (χ1n) is 32.4. The van der Waals surface area contributed by atoms with Gasteiger partial charge in [0.25, 0.3) is 0 Å². The normalized spacial score (nSPS) is 14.7. The molecule has 1 aliphatic heterocycles. The smallest absolute Gasteiger partial charge is 0.137 e. The molecule has 0 N–H and O–H groups in total. The molecular weight excluding hydrogens is 949 g/mol. The molecule has 0 saturated heterocycles. The molecule has 0 radical (unpaired) electrons. The Morgan fingerprint density at radius 1 is 0.538 bits per heavy atom. The van der Waals surface area contributed by atoms with Crippen molar-refractivity contribution in [2.45, 2.75) is 164 Å². The minimum atomic E-state index is -0.673. The van der Waals surface area contributed by atoms with Gasteiger partial charge in [0, 0.05) is 45.9 Å². The Balaban J connectivity index is 1.16. The molecule has 402 valence electrons. The summed E-state index contributed by atoms with van der Waals surface area (Å²) < 4.78 is 85.0. The zero-order chi connectivity index (χ0) is 62.3. The van der Waals surface area contributed by atoms with Gasteiger partial charge in [0.15, 0.2) is 0 Å². The van der Waals surface area contributed by atoms with Gasteiger partial charge >= 0.3 is 0 Å². The van der Waals surface area contributed by atoms with Gasteiger partial charge in [-0.1, -0.05) is 195 Å². The number of fused-ring (bicyclic) bond motifs is 4. The maximum Gasteiger partial charge on any atom is 0.137 e. The lowest BCUT2D eigenvalue weighted by molar-refractivity contribution is 0.483. The van der Waals surface area contributed by atoms with Crippen molar-refractivity contribution in [3.05, 3.63) is 191 Å². The number of ether oxygens (including phenoxy) is 1. The molecule has 0 bridgehead atoms. The number of nitrogens with zero attached hydrogens (tertiary/aromatic N) is 4. The van der Waals surface area contributed by atoms with Crippen LogP contribution < -0.4 is 14.5 Å². The first-order chi connectivity index (χ1) is 40.5. The molecular formula is C73H84N4O. The first-order valence-corrected chi connectivity index (χ1v) is 28.4. The van der Waals surface area contributed by atoms with E-state index in [1.54, 1.807) is 0 Å². The van der Waals surface area contributed by atoms with E-state index in [0.29, 0.717) is 45.0 Å². The highest BCUT2D eigenvalue weighted by Gasteiger charge is 2.34.